The van der Waals surface area contributed by atoms with Gasteiger partial charge in [-0.1, -0.05) is 11.6 Å². The van der Waals surface area contributed by atoms with E-state index in [1.807, 2.05) is 13.8 Å². The number of nitrogens with two attached hydrogens (primary N) is 1. The molecule has 2 aromatic rings. The zero-order valence-corrected chi connectivity index (χ0v) is 10.3. The van der Waals surface area contributed by atoms with Crippen molar-refractivity contribution in [1.82, 2.24) is 9.97 Å². The van der Waals surface area contributed by atoms with Crippen molar-refractivity contribution in [3.05, 3.63) is 35.1 Å². The maximum absolute atomic E-state index is 6.01. The average molecular weight is 253 g/mol. The third kappa shape index (κ3) is 2.68. The molecular weight excluding hydrogens is 240 g/mol. The van der Waals surface area contributed by atoms with Crippen LogP contribution in [-0.2, 0) is 0 Å². The van der Waals surface area contributed by atoms with Crippen molar-refractivity contribution in [3.63, 3.8) is 0 Å². The van der Waals surface area contributed by atoms with Gasteiger partial charge in [-0.25, -0.2) is 9.97 Å². The first kappa shape index (κ1) is 11.7. The van der Waals surface area contributed by atoms with Crippen molar-refractivity contribution in [2.24, 2.45) is 0 Å². The van der Waals surface area contributed by atoms with Crippen LogP contribution in [0, 0.1) is 6.92 Å². The summed E-state index contributed by atoms with van der Waals surface area (Å²) in [6, 6.07) is 1.53. The predicted molar refractivity (Wildman–Crippen MR) is 66.9 cm³/mol. The number of nitrogens with one attached hydrogen (secondary N) is 1. The van der Waals surface area contributed by atoms with E-state index in [9.17, 15) is 0 Å². The summed E-state index contributed by atoms with van der Waals surface area (Å²) in [5, 5.41) is 3.58. The summed E-state index contributed by atoms with van der Waals surface area (Å²) < 4.78 is 5.41. The van der Waals surface area contributed by atoms with E-state index in [4.69, 9.17) is 21.8 Å². The van der Waals surface area contributed by atoms with Gasteiger partial charge in [-0.05, 0) is 19.9 Å². The Bertz CT molecular complexity index is 526. The van der Waals surface area contributed by atoms with E-state index in [0.717, 1.165) is 5.76 Å². The summed E-state index contributed by atoms with van der Waals surface area (Å²) in [6.45, 7) is 3.76. The second kappa shape index (κ2) is 4.63. The Morgan fingerprint density at radius 1 is 1.41 bits per heavy atom. The van der Waals surface area contributed by atoms with Crippen LogP contribution < -0.4 is 11.1 Å². The molecule has 17 heavy (non-hydrogen) atoms. The summed E-state index contributed by atoms with van der Waals surface area (Å²) in [7, 11) is 0. The standard InChI is InChI=1S/C11H13ClN4O/c1-6-4-15-11(17-6)7(2)16-10-9(12)3-8(13)5-14-10/h3-5,7H,13H2,1-2H3,(H,14,16). The quantitative estimate of drug-likeness (QED) is 0.878. The van der Waals surface area contributed by atoms with Crippen LogP contribution in [0.3, 0.4) is 0 Å². The number of aryl methyl sites for hydroxylation is 1. The Hall–Kier alpha value is -1.75. The van der Waals surface area contributed by atoms with Crippen molar-refractivity contribution >= 4 is 23.1 Å². The molecule has 0 aliphatic heterocycles. The monoisotopic (exact) mass is 252 g/mol. The number of oxazole rings is 1. The third-order valence-corrected chi connectivity index (χ3v) is 2.51. The fourth-order valence-corrected chi connectivity index (χ4v) is 1.63. The number of hydrogen-bond donors (Lipinski definition) is 2. The minimum Gasteiger partial charge on any atom is -0.444 e. The number of hydrogen-bond acceptors (Lipinski definition) is 5. The van der Waals surface area contributed by atoms with Crippen LogP contribution in [0.15, 0.2) is 22.9 Å². The van der Waals surface area contributed by atoms with E-state index >= 15 is 0 Å². The fourth-order valence-electron chi connectivity index (χ4n) is 1.40. The van der Waals surface area contributed by atoms with Crippen LogP contribution in [0.5, 0.6) is 0 Å². The van der Waals surface area contributed by atoms with E-state index in [0.29, 0.717) is 22.4 Å². The maximum atomic E-state index is 6.01. The summed E-state index contributed by atoms with van der Waals surface area (Å²) in [5.74, 6) is 1.92. The van der Waals surface area contributed by atoms with Gasteiger partial charge in [0.1, 0.15) is 17.6 Å². The van der Waals surface area contributed by atoms with Crippen molar-refractivity contribution in [3.8, 4) is 0 Å². The van der Waals surface area contributed by atoms with Gasteiger partial charge in [-0.3, -0.25) is 0 Å². The van der Waals surface area contributed by atoms with Gasteiger partial charge < -0.3 is 15.5 Å². The molecule has 1 atom stereocenters. The second-order valence-corrected chi connectivity index (χ2v) is 4.18. The van der Waals surface area contributed by atoms with Gasteiger partial charge in [0.05, 0.1) is 23.1 Å². The molecule has 0 aliphatic rings. The van der Waals surface area contributed by atoms with Gasteiger partial charge in [-0.2, -0.15) is 0 Å². The van der Waals surface area contributed by atoms with Gasteiger partial charge >= 0.3 is 0 Å². The molecule has 0 saturated carbocycles. The molecule has 1 unspecified atom stereocenters. The molecule has 2 aromatic heterocycles. The number of nitrogen functional groups attached to an aromatic ring is 1. The fraction of sp³-hybridized carbons (Fsp3) is 0.273. The second-order valence-electron chi connectivity index (χ2n) is 3.77. The average Bonchev–Trinajstić information content (AvgIpc) is 2.69. The summed E-state index contributed by atoms with van der Waals surface area (Å²) in [6.07, 6.45) is 3.22. The van der Waals surface area contributed by atoms with E-state index in [2.05, 4.69) is 15.3 Å². The third-order valence-electron chi connectivity index (χ3n) is 2.23. The van der Waals surface area contributed by atoms with E-state index in [-0.39, 0.29) is 6.04 Å². The lowest BCUT2D eigenvalue weighted by atomic mass is 10.3. The van der Waals surface area contributed by atoms with Crippen molar-refractivity contribution in [2.45, 2.75) is 19.9 Å². The highest BCUT2D eigenvalue weighted by molar-refractivity contribution is 6.33. The van der Waals surface area contributed by atoms with Gasteiger partial charge in [0.2, 0.25) is 5.89 Å². The first-order valence-corrected chi connectivity index (χ1v) is 5.54. The molecule has 0 radical (unpaired) electrons. The van der Waals surface area contributed by atoms with E-state index in [1.165, 1.54) is 0 Å². The van der Waals surface area contributed by atoms with E-state index < -0.39 is 0 Å². The first-order valence-electron chi connectivity index (χ1n) is 5.16. The van der Waals surface area contributed by atoms with Crippen LogP contribution in [0.25, 0.3) is 0 Å². The highest BCUT2D eigenvalue weighted by Gasteiger charge is 2.13. The van der Waals surface area contributed by atoms with Gasteiger partial charge in [0.15, 0.2) is 0 Å². The minimum absolute atomic E-state index is 0.114. The Labute approximate surface area is 104 Å². The molecule has 0 aliphatic carbocycles. The molecule has 90 valence electrons. The molecule has 0 spiro atoms. The van der Waals surface area contributed by atoms with Crippen LogP contribution in [-0.4, -0.2) is 9.97 Å². The Morgan fingerprint density at radius 2 is 2.18 bits per heavy atom. The summed E-state index contributed by atoms with van der Waals surface area (Å²) in [4.78, 5) is 8.25. The van der Waals surface area contributed by atoms with Crippen molar-refractivity contribution < 1.29 is 4.42 Å². The Kier molecular flexibility index (Phi) is 3.19. The van der Waals surface area contributed by atoms with Gasteiger partial charge in [0, 0.05) is 0 Å². The number of rotatable bonds is 3. The number of nitrogens with zero attached hydrogens (tertiary/aromatic N) is 2. The molecule has 3 N–H and O–H groups in total. The van der Waals surface area contributed by atoms with Crippen molar-refractivity contribution in [2.75, 3.05) is 11.1 Å². The Morgan fingerprint density at radius 3 is 2.76 bits per heavy atom. The molecule has 0 fully saturated rings. The summed E-state index contributed by atoms with van der Waals surface area (Å²) in [5.41, 5.74) is 6.10. The highest BCUT2D eigenvalue weighted by atomic mass is 35.5. The number of aromatic nitrogens is 2. The largest absolute Gasteiger partial charge is 0.444 e. The lowest BCUT2D eigenvalue weighted by Gasteiger charge is -2.12. The number of anilines is 2. The van der Waals surface area contributed by atoms with Crippen LogP contribution in [0.4, 0.5) is 11.5 Å². The zero-order valence-electron chi connectivity index (χ0n) is 9.57. The minimum atomic E-state index is -0.114. The van der Waals surface area contributed by atoms with Gasteiger partial charge in [-0.15, -0.1) is 0 Å². The Balaban J connectivity index is 2.15. The van der Waals surface area contributed by atoms with Crippen molar-refractivity contribution in [1.29, 1.82) is 0 Å². The summed E-state index contributed by atoms with van der Waals surface area (Å²) >= 11 is 6.01. The molecule has 5 nitrogen and oxygen atoms in total. The van der Waals surface area contributed by atoms with Gasteiger partial charge in [0.25, 0.3) is 0 Å². The first-order chi connectivity index (χ1) is 8.06. The molecule has 0 saturated heterocycles. The van der Waals surface area contributed by atoms with Crippen LogP contribution >= 0.6 is 11.6 Å². The topological polar surface area (TPSA) is 77.0 Å². The smallest absolute Gasteiger partial charge is 0.216 e. The molecule has 2 heterocycles. The normalized spacial score (nSPS) is 12.4. The molecule has 0 aromatic carbocycles. The SMILES string of the molecule is Cc1cnc(C(C)Nc2ncc(N)cc2Cl)o1. The lowest BCUT2D eigenvalue weighted by Crippen LogP contribution is -2.08. The van der Waals surface area contributed by atoms with Crippen LogP contribution in [0.1, 0.15) is 24.6 Å². The molecule has 6 heteroatoms. The maximum Gasteiger partial charge on any atom is 0.216 e. The lowest BCUT2D eigenvalue weighted by molar-refractivity contribution is 0.453. The number of pyridine rings is 1. The molecule has 2 rings (SSSR count). The highest BCUT2D eigenvalue weighted by Crippen LogP contribution is 2.25. The number of halogens is 1. The van der Waals surface area contributed by atoms with E-state index in [1.54, 1.807) is 18.5 Å². The predicted octanol–water partition coefficient (Wildman–Crippen LogP) is 2.79. The van der Waals surface area contributed by atoms with Crippen LogP contribution in [0.2, 0.25) is 5.02 Å². The molecule has 0 amide bonds. The molecule has 0 bridgehead atoms. The molecular formula is C11H13ClN4O. The zero-order chi connectivity index (χ0) is 12.4.